The number of hydrogen-bond acceptors (Lipinski definition) is 2. The molecule has 3 aliphatic rings. The Morgan fingerprint density at radius 1 is 1.12 bits per heavy atom. The van der Waals surface area contributed by atoms with E-state index < -0.39 is 0 Å². The molecule has 2 atom stereocenters. The van der Waals surface area contributed by atoms with Crippen LogP contribution in [0.2, 0.25) is 0 Å². The van der Waals surface area contributed by atoms with Crippen molar-refractivity contribution in [1.82, 2.24) is 15.1 Å². The molecule has 1 saturated heterocycles. The fourth-order valence-electron chi connectivity index (χ4n) is 5.20. The minimum absolute atomic E-state index is 0.264. The van der Waals surface area contributed by atoms with Gasteiger partial charge >= 0.3 is 0 Å². The number of amides is 1. The fraction of sp³-hybridized carbons (Fsp3) is 0.900. The van der Waals surface area contributed by atoms with Gasteiger partial charge in [-0.3, -0.25) is 9.79 Å². The third kappa shape index (κ3) is 3.95. The minimum Gasteiger partial charge on any atom is -0.357 e. The summed E-state index contributed by atoms with van der Waals surface area (Å²) in [5, 5.41) is 3.49. The fourth-order valence-corrected chi connectivity index (χ4v) is 5.20. The summed E-state index contributed by atoms with van der Waals surface area (Å²) in [7, 11) is 3.75. The van der Waals surface area contributed by atoms with Crippen LogP contribution in [0.5, 0.6) is 0 Å². The Labute approximate surface area is 153 Å². The van der Waals surface area contributed by atoms with Gasteiger partial charge in [0.05, 0.1) is 12.0 Å². The number of fused-ring (bicyclic) bond motifs is 1. The number of likely N-dealkylation sites (tertiary alicyclic amines) is 1. The summed E-state index contributed by atoms with van der Waals surface area (Å²) in [5.41, 5.74) is -0.267. The number of carbonyl (C=O) groups excluding carboxylic acids is 1. The molecule has 1 amide bonds. The zero-order chi connectivity index (χ0) is 17.9. The second-order valence-corrected chi connectivity index (χ2v) is 8.57. The van der Waals surface area contributed by atoms with Crippen molar-refractivity contribution in [2.24, 2.45) is 22.2 Å². The van der Waals surface area contributed by atoms with Gasteiger partial charge in [-0.15, -0.1) is 0 Å². The van der Waals surface area contributed by atoms with E-state index >= 15 is 0 Å². The summed E-state index contributed by atoms with van der Waals surface area (Å²) >= 11 is 0. The molecule has 2 saturated carbocycles. The van der Waals surface area contributed by atoms with Crippen molar-refractivity contribution in [3.8, 4) is 0 Å². The lowest BCUT2D eigenvalue weighted by molar-refractivity contribution is -0.138. The Morgan fingerprint density at radius 2 is 1.72 bits per heavy atom. The molecule has 3 fully saturated rings. The van der Waals surface area contributed by atoms with Gasteiger partial charge in [-0.1, -0.05) is 25.7 Å². The number of nitrogens with one attached hydrogen (secondary N) is 1. The SMILES string of the molecule is CCNC(=NCC1(C(=O)N(C)C)CCCC1)N1CC2CCCCC2C1. The van der Waals surface area contributed by atoms with Crippen molar-refractivity contribution in [2.75, 3.05) is 40.3 Å². The smallest absolute Gasteiger partial charge is 0.230 e. The Bertz CT molecular complexity index is 482. The molecule has 5 nitrogen and oxygen atoms in total. The molecule has 1 N–H and O–H groups in total. The van der Waals surface area contributed by atoms with Gasteiger partial charge in [0.2, 0.25) is 5.91 Å². The molecule has 2 unspecified atom stereocenters. The zero-order valence-corrected chi connectivity index (χ0v) is 16.4. The van der Waals surface area contributed by atoms with Crippen LogP contribution in [0.3, 0.4) is 0 Å². The van der Waals surface area contributed by atoms with E-state index in [9.17, 15) is 4.79 Å². The Morgan fingerprint density at radius 3 is 2.24 bits per heavy atom. The van der Waals surface area contributed by atoms with Crippen molar-refractivity contribution in [3.05, 3.63) is 0 Å². The molecule has 0 bridgehead atoms. The van der Waals surface area contributed by atoms with E-state index in [1.807, 2.05) is 14.1 Å². The van der Waals surface area contributed by atoms with Crippen molar-refractivity contribution in [3.63, 3.8) is 0 Å². The van der Waals surface area contributed by atoms with Crippen LogP contribution in [0.1, 0.15) is 58.3 Å². The van der Waals surface area contributed by atoms with E-state index in [1.165, 1.54) is 25.7 Å². The van der Waals surface area contributed by atoms with E-state index in [0.717, 1.165) is 63.1 Å². The van der Waals surface area contributed by atoms with Gasteiger partial charge < -0.3 is 15.1 Å². The van der Waals surface area contributed by atoms with Crippen LogP contribution in [0.4, 0.5) is 0 Å². The average molecular weight is 349 g/mol. The van der Waals surface area contributed by atoms with E-state index in [2.05, 4.69) is 17.1 Å². The average Bonchev–Trinajstić information content (AvgIpc) is 3.25. The third-order valence-corrected chi connectivity index (χ3v) is 6.56. The van der Waals surface area contributed by atoms with Gasteiger partial charge in [0.1, 0.15) is 0 Å². The number of carbonyl (C=O) groups is 1. The monoisotopic (exact) mass is 348 g/mol. The molecular formula is C20H36N4O. The molecule has 1 heterocycles. The molecule has 0 radical (unpaired) electrons. The Balaban J connectivity index is 1.72. The number of nitrogens with zero attached hydrogens (tertiary/aromatic N) is 3. The molecule has 0 aromatic carbocycles. The lowest BCUT2D eigenvalue weighted by Gasteiger charge is -2.30. The second kappa shape index (κ2) is 7.96. The molecule has 1 aliphatic heterocycles. The van der Waals surface area contributed by atoms with Crippen LogP contribution in [-0.2, 0) is 4.79 Å². The highest BCUT2D eigenvalue weighted by molar-refractivity contribution is 5.84. The normalized spacial score (nSPS) is 28.8. The summed E-state index contributed by atoms with van der Waals surface area (Å²) < 4.78 is 0. The topological polar surface area (TPSA) is 47.9 Å². The predicted octanol–water partition coefficient (Wildman–Crippen LogP) is 2.72. The first kappa shape index (κ1) is 18.5. The number of hydrogen-bond donors (Lipinski definition) is 1. The molecule has 3 rings (SSSR count). The van der Waals surface area contributed by atoms with Crippen LogP contribution in [-0.4, -0.2) is 61.9 Å². The maximum atomic E-state index is 12.8. The lowest BCUT2D eigenvalue weighted by atomic mass is 9.82. The quantitative estimate of drug-likeness (QED) is 0.628. The van der Waals surface area contributed by atoms with E-state index in [0.29, 0.717) is 6.54 Å². The van der Waals surface area contributed by atoms with E-state index in [4.69, 9.17) is 4.99 Å². The molecule has 25 heavy (non-hydrogen) atoms. The van der Waals surface area contributed by atoms with E-state index in [1.54, 1.807) is 4.90 Å². The van der Waals surface area contributed by atoms with Gasteiger partial charge in [0, 0.05) is 33.7 Å². The molecule has 5 heteroatoms. The van der Waals surface area contributed by atoms with Gasteiger partial charge in [-0.2, -0.15) is 0 Å². The summed E-state index contributed by atoms with van der Waals surface area (Å²) in [6.07, 6.45) is 9.81. The van der Waals surface area contributed by atoms with E-state index in [-0.39, 0.29) is 11.3 Å². The van der Waals surface area contributed by atoms with Crippen molar-refractivity contribution in [2.45, 2.75) is 58.3 Å². The Hall–Kier alpha value is -1.26. The number of aliphatic imine (C=N–C) groups is 1. The van der Waals surface area contributed by atoms with Gasteiger partial charge in [0.15, 0.2) is 5.96 Å². The predicted molar refractivity (Wildman–Crippen MR) is 103 cm³/mol. The lowest BCUT2D eigenvalue weighted by Crippen LogP contribution is -2.44. The third-order valence-electron chi connectivity index (χ3n) is 6.56. The van der Waals surface area contributed by atoms with Crippen molar-refractivity contribution >= 4 is 11.9 Å². The van der Waals surface area contributed by atoms with Crippen LogP contribution >= 0.6 is 0 Å². The molecule has 0 aromatic heterocycles. The van der Waals surface area contributed by atoms with Gasteiger partial charge in [0.25, 0.3) is 0 Å². The van der Waals surface area contributed by atoms with Crippen LogP contribution < -0.4 is 5.32 Å². The van der Waals surface area contributed by atoms with Crippen molar-refractivity contribution in [1.29, 1.82) is 0 Å². The van der Waals surface area contributed by atoms with Crippen LogP contribution in [0, 0.1) is 17.3 Å². The first-order valence-corrected chi connectivity index (χ1v) is 10.3. The minimum atomic E-state index is -0.267. The maximum Gasteiger partial charge on any atom is 0.230 e. The summed E-state index contributed by atoms with van der Waals surface area (Å²) in [6, 6.07) is 0. The highest BCUT2D eigenvalue weighted by Crippen LogP contribution is 2.40. The second-order valence-electron chi connectivity index (χ2n) is 8.57. The summed E-state index contributed by atoms with van der Waals surface area (Å²) in [6.45, 7) is 5.95. The van der Waals surface area contributed by atoms with Gasteiger partial charge in [-0.25, -0.2) is 0 Å². The standard InChI is InChI=1S/C20H36N4O/c1-4-21-19(24-13-16-9-5-6-10-17(16)14-24)22-15-20(11-7-8-12-20)18(25)23(2)3/h16-17H,4-15H2,1-3H3,(H,21,22). The van der Waals surface area contributed by atoms with Crippen molar-refractivity contribution < 1.29 is 4.79 Å². The first-order valence-electron chi connectivity index (χ1n) is 10.3. The first-order chi connectivity index (χ1) is 12.1. The molecule has 2 aliphatic carbocycles. The molecule has 142 valence electrons. The highest BCUT2D eigenvalue weighted by Gasteiger charge is 2.42. The van der Waals surface area contributed by atoms with Crippen LogP contribution in [0.15, 0.2) is 4.99 Å². The molecule has 0 spiro atoms. The highest BCUT2D eigenvalue weighted by atomic mass is 16.2. The maximum absolute atomic E-state index is 12.8. The Kier molecular flexibility index (Phi) is 5.90. The largest absolute Gasteiger partial charge is 0.357 e. The van der Waals surface area contributed by atoms with Crippen LogP contribution in [0.25, 0.3) is 0 Å². The zero-order valence-electron chi connectivity index (χ0n) is 16.4. The van der Waals surface area contributed by atoms with Gasteiger partial charge in [-0.05, 0) is 44.4 Å². The number of rotatable bonds is 4. The molecule has 0 aromatic rings. The molecular weight excluding hydrogens is 312 g/mol. The summed E-state index contributed by atoms with van der Waals surface area (Å²) in [4.78, 5) is 22.0. The number of guanidine groups is 1. The summed E-state index contributed by atoms with van der Waals surface area (Å²) in [5.74, 6) is 3.00.